The summed E-state index contributed by atoms with van der Waals surface area (Å²) in [6.45, 7) is 0. The topological polar surface area (TPSA) is 19.9 Å². The molecule has 91 valence electrons. The summed E-state index contributed by atoms with van der Waals surface area (Å²) in [4.78, 5) is 0. The summed E-state index contributed by atoms with van der Waals surface area (Å²) < 4.78 is -3.81. The predicted octanol–water partition coefficient (Wildman–Crippen LogP) is 5.10. The third-order valence-electron chi connectivity index (χ3n) is 2.59. The van der Waals surface area contributed by atoms with Gasteiger partial charge in [0.2, 0.25) is 3.79 Å². The molecule has 1 aliphatic rings. The number of alkyl halides is 5. The largest absolute Gasteiger partial charge is 0.226 e. The monoisotopic (exact) mass is 329 g/mol. The van der Waals surface area contributed by atoms with Crippen molar-refractivity contribution in [1.29, 1.82) is 0 Å². The molecule has 0 aromatic heterocycles. The van der Waals surface area contributed by atoms with Gasteiger partial charge in [-0.1, -0.05) is 82.3 Å². The predicted molar refractivity (Wildman–Crippen MR) is 72.6 cm³/mol. The van der Waals surface area contributed by atoms with Crippen LogP contribution in [-0.4, -0.2) is 8.13 Å². The van der Waals surface area contributed by atoms with Gasteiger partial charge < -0.3 is 0 Å². The number of halogens is 5. The third-order valence-corrected chi connectivity index (χ3v) is 5.02. The lowest BCUT2D eigenvalue weighted by molar-refractivity contribution is 0.120. The fraction of sp³-hybridized carbons (Fsp3) is 0.273. The van der Waals surface area contributed by atoms with Crippen molar-refractivity contribution in [3.05, 3.63) is 41.0 Å². The van der Waals surface area contributed by atoms with Crippen LogP contribution in [-0.2, 0) is 5.11 Å². The summed E-state index contributed by atoms with van der Waals surface area (Å²) in [7, 11) is 0. The number of rotatable bonds is 1. The first kappa shape index (κ1) is 13.8. The molecule has 0 saturated carbocycles. The van der Waals surface area contributed by atoms with Gasteiger partial charge in [-0.15, -0.1) is 0 Å². The van der Waals surface area contributed by atoms with Crippen LogP contribution in [0.25, 0.3) is 6.08 Å². The molecule has 1 aromatic carbocycles. The van der Waals surface area contributed by atoms with Gasteiger partial charge in [0, 0.05) is 5.57 Å². The van der Waals surface area contributed by atoms with E-state index in [2.05, 4.69) is 0 Å². The third kappa shape index (κ3) is 2.30. The molecule has 0 fully saturated rings. The SMILES string of the molecule is [O]C1C(C(Cl)(Cl)C(Cl)(Cl)Cl)=Cc2ccccc21. The van der Waals surface area contributed by atoms with Gasteiger partial charge in [-0.3, -0.25) is 0 Å². The fourth-order valence-corrected chi connectivity index (χ4v) is 2.35. The van der Waals surface area contributed by atoms with Gasteiger partial charge in [-0.05, 0) is 17.2 Å². The van der Waals surface area contributed by atoms with Gasteiger partial charge in [-0.2, -0.15) is 0 Å². The van der Waals surface area contributed by atoms with E-state index in [1.54, 1.807) is 24.3 Å². The Morgan fingerprint density at radius 3 is 2.12 bits per heavy atom. The van der Waals surface area contributed by atoms with Crippen LogP contribution in [0.15, 0.2) is 29.8 Å². The second-order valence-electron chi connectivity index (χ2n) is 3.68. The van der Waals surface area contributed by atoms with Crippen molar-refractivity contribution in [2.45, 2.75) is 14.2 Å². The van der Waals surface area contributed by atoms with E-state index in [-0.39, 0.29) is 5.57 Å². The Morgan fingerprint density at radius 2 is 1.59 bits per heavy atom. The Hall–Kier alpha value is 0.370. The molecule has 0 aliphatic heterocycles. The molecule has 0 saturated heterocycles. The van der Waals surface area contributed by atoms with Crippen LogP contribution in [0.5, 0.6) is 0 Å². The lowest BCUT2D eigenvalue weighted by Crippen LogP contribution is -2.34. The molecule has 0 spiro atoms. The average molecular weight is 331 g/mol. The van der Waals surface area contributed by atoms with E-state index >= 15 is 0 Å². The first-order chi connectivity index (χ1) is 7.75. The average Bonchev–Trinajstić information content (AvgIpc) is 2.56. The molecule has 0 heterocycles. The van der Waals surface area contributed by atoms with Gasteiger partial charge in [0.25, 0.3) is 0 Å². The Morgan fingerprint density at radius 1 is 1.00 bits per heavy atom. The standard InChI is InChI=1S/C11H6Cl5O/c12-10(13,11(14,15)16)8-5-6-3-1-2-4-7(6)9(8)17/h1-5,9H. The van der Waals surface area contributed by atoms with Crippen LogP contribution in [0.3, 0.4) is 0 Å². The van der Waals surface area contributed by atoms with E-state index in [0.717, 1.165) is 5.56 Å². The van der Waals surface area contributed by atoms with E-state index in [0.29, 0.717) is 5.56 Å². The second-order valence-corrected chi connectivity index (χ2v) is 7.29. The molecule has 1 aliphatic carbocycles. The minimum Gasteiger partial charge on any atom is -0.223 e. The summed E-state index contributed by atoms with van der Waals surface area (Å²) in [5.74, 6) is 0. The van der Waals surface area contributed by atoms with Gasteiger partial charge in [0.15, 0.2) is 4.33 Å². The van der Waals surface area contributed by atoms with Crippen molar-refractivity contribution < 1.29 is 5.11 Å². The van der Waals surface area contributed by atoms with Gasteiger partial charge in [-0.25, -0.2) is 5.11 Å². The summed E-state index contributed by atoms with van der Waals surface area (Å²) >= 11 is 29.1. The molecule has 0 N–H and O–H groups in total. The zero-order valence-corrected chi connectivity index (χ0v) is 12.0. The number of hydrogen-bond acceptors (Lipinski definition) is 0. The summed E-state index contributed by atoms with van der Waals surface area (Å²) in [6.07, 6.45) is 0.367. The van der Waals surface area contributed by atoms with Gasteiger partial charge in [0.05, 0.1) is 0 Å². The first-order valence-electron chi connectivity index (χ1n) is 4.66. The zero-order valence-electron chi connectivity index (χ0n) is 8.26. The van der Waals surface area contributed by atoms with Gasteiger partial charge in [0.1, 0.15) is 6.10 Å². The van der Waals surface area contributed by atoms with Crippen molar-refractivity contribution in [2.24, 2.45) is 0 Å². The van der Waals surface area contributed by atoms with Crippen molar-refractivity contribution >= 4 is 64.1 Å². The Labute approximate surface area is 124 Å². The smallest absolute Gasteiger partial charge is 0.223 e. The van der Waals surface area contributed by atoms with E-state index < -0.39 is 14.2 Å². The molecular formula is C11H6Cl5O. The summed E-state index contributed by atoms with van der Waals surface area (Å²) in [5, 5.41) is 12.2. The lowest BCUT2D eigenvalue weighted by Gasteiger charge is -2.29. The highest BCUT2D eigenvalue weighted by Crippen LogP contribution is 2.55. The molecular weight excluding hydrogens is 325 g/mol. The molecule has 1 aromatic rings. The number of hydrogen-bond donors (Lipinski definition) is 0. The van der Waals surface area contributed by atoms with E-state index in [9.17, 15) is 5.11 Å². The van der Waals surface area contributed by atoms with Crippen LogP contribution in [0.2, 0.25) is 0 Å². The highest BCUT2D eigenvalue weighted by atomic mass is 35.6. The van der Waals surface area contributed by atoms with Crippen molar-refractivity contribution in [1.82, 2.24) is 0 Å². The molecule has 0 amide bonds. The Kier molecular flexibility index (Phi) is 3.64. The quantitative estimate of drug-likeness (QED) is 0.638. The van der Waals surface area contributed by atoms with Crippen LogP contribution in [0.4, 0.5) is 0 Å². The Balaban J connectivity index is 2.46. The van der Waals surface area contributed by atoms with Crippen LogP contribution < -0.4 is 0 Å². The first-order valence-corrected chi connectivity index (χ1v) is 6.55. The normalized spacial score (nSPS) is 20.1. The number of fused-ring (bicyclic) bond motifs is 1. The van der Waals surface area contributed by atoms with Crippen LogP contribution in [0.1, 0.15) is 17.2 Å². The zero-order chi connectivity index (χ0) is 12.8. The van der Waals surface area contributed by atoms with E-state index in [1.165, 1.54) is 0 Å². The second kappa shape index (κ2) is 4.48. The molecule has 1 nitrogen and oxygen atoms in total. The fourth-order valence-electron chi connectivity index (χ4n) is 1.71. The maximum atomic E-state index is 12.2. The van der Waals surface area contributed by atoms with E-state index in [1.807, 2.05) is 6.07 Å². The molecule has 1 unspecified atom stereocenters. The molecule has 1 radical (unpaired) electrons. The molecule has 0 bridgehead atoms. The van der Waals surface area contributed by atoms with E-state index in [4.69, 9.17) is 58.0 Å². The molecule has 6 heteroatoms. The van der Waals surface area contributed by atoms with Crippen LogP contribution in [0, 0.1) is 0 Å². The minimum atomic E-state index is -1.97. The van der Waals surface area contributed by atoms with Crippen molar-refractivity contribution in [2.75, 3.05) is 0 Å². The lowest BCUT2D eigenvalue weighted by atomic mass is 10.1. The summed E-state index contributed by atoms with van der Waals surface area (Å²) in [6, 6.07) is 7.07. The minimum absolute atomic E-state index is 0.155. The maximum Gasteiger partial charge on any atom is 0.226 e. The molecule has 1 atom stereocenters. The van der Waals surface area contributed by atoms with Gasteiger partial charge >= 0.3 is 0 Å². The van der Waals surface area contributed by atoms with Crippen molar-refractivity contribution in [3.8, 4) is 0 Å². The number of benzene rings is 1. The highest BCUT2D eigenvalue weighted by molar-refractivity contribution is 6.76. The highest BCUT2D eigenvalue weighted by Gasteiger charge is 2.52. The van der Waals surface area contributed by atoms with Crippen LogP contribution >= 0.6 is 58.0 Å². The summed E-state index contributed by atoms with van der Waals surface area (Å²) in [5.41, 5.74) is 1.49. The molecule has 2 rings (SSSR count). The molecule has 17 heavy (non-hydrogen) atoms. The maximum absolute atomic E-state index is 12.2. The van der Waals surface area contributed by atoms with Crippen molar-refractivity contribution in [3.63, 3.8) is 0 Å². The Bertz CT molecular complexity index is 475.